The zero-order valence-corrected chi connectivity index (χ0v) is 10.8. The van der Waals surface area contributed by atoms with E-state index in [1.807, 2.05) is 38.2 Å². The summed E-state index contributed by atoms with van der Waals surface area (Å²) in [5.74, 6) is -0.982. The number of hydrogen-bond donors (Lipinski definition) is 1. The molecule has 1 aromatic carbocycles. The van der Waals surface area contributed by atoms with Crippen LogP contribution in [0.15, 0.2) is 30.3 Å². The Morgan fingerprint density at radius 3 is 2.74 bits per heavy atom. The molecule has 0 unspecified atom stereocenters. The topological polar surface area (TPSA) is 55.1 Å². The highest BCUT2D eigenvalue weighted by molar-refractivity contribution is 6.10. The number of pyridine rings is 1. The summed E-state index contributed by atoms with van der Waals surface area (Å²) in [6.45, 7) is 1.99. The molecule has 1 N–H and O–H groups in total. The second kappa shape index (κ2) is 4.09. The summed E-state index contributed by atoms with van der Waals surface area (Å²) in [6.07, 6.45) is 0.710. The number of hydrogen-bond acceptors (Lipinski definition) is 2. The molecule has 0 atom stereocenters. The Hall–Kier alpha value is -2.36. The van der Waals surface area contributed by atoms with Gasteiger partial charge >= 0.3 is 5.97 Å². The van der Waals surface area contributed by atoms with E-state index in [9.17, 15) is 9.90 Å². The average molecular weight is 254 g/mol. The number of para-hydroxylation sites is 1. The van der Waals surface area contributed by atoms with E-state index < -0.39 is 5.97 Å². The monoisotopic (exact) mass is 254 g/mol. The number of rotatable bonds is 2. The average Bonchev–Trinajstić information content (AvgIpc) is 2.72. The molecule has 3 aromatic rings. The maximum Gasteiger partial charge on any atom is 0.354 e. The van der Waals surface area contributed by atoms with Gasteiger partial charge in [-0.25, -0.2) is 9.78 Å². The molecule has 4 heteroatoms. The van der Waals surface area contributed by atoms with E-state index in [0.717, 1.165) is 27.5 Å². The first kappa shape index (κ1) is 11.7. The largest absolute Gasteiger partial charge is 0.477 e. The van der Waals surface area contributed by atoms with Gasteiger partial charge in [0.25, 0.3) is 0 Å². The molecule has 0 aliphatic carbocycles. The summed E-state index contributed by atoms with van der Waals surface area (Å²) in [5, 5.41) is 11.2. The van der Waals surface area contributed by atoms with E-state index in [1.54, 1.807) is 6.07 Å². The van der Waals surface area contributed by atoms with E-state index in [4.69, 9.17) is 0 Å². The standard InChI is InChI=1S/C15H14N2O2/c1-3-11-14-10(8-12(16-11)15(18)19)9-6-4-5-7-13(9)17(14)2/h4-8H,3H2,1-2H3,(H,18,19). The van der Waals surface area contributed by atoms with Gasteiger partial charge in [-0.15, -0.1) is 0 Å². The maximum absolute atomic E-state index is 11.2. The van der Waals surface area contributed by atoms with Crippen molar-refractivity contribution in [3.8, 4) is 0 Å². The van der Waals surface area contributed by atoms with Crippen molar-refractivity contribution in [2.24, 2.45) is 7.05 Å². The second-order valence-electron chi connectivity index (χ2n) is 4.59. The number of aromatic nitrogens is 2. The number of nitrogens with zero attached hydrogens (tertiary/aromatic N) is 2. The Morgan fingerprint density at radius 1 is 1.32 bits per heavy atom. The van der Waals surface area contributed by atoms with Crippen LogP contribution in [0.1, 0.15) is 23.1 Å². The van der Waals surface area contributed by atoms with Gasteiger partial charge in [0.1, 0.15) is 5.69 Å². The summed E-state index contributed by atoms with van der Waals surface area (Å²) in [5.41, 5.74) is 3.06. The molecule has 0 fully saturated rings. The molecule has 19 heavy (non-hydrogen) atoms. The summed E-state index contributed by atoms with van der Waals surface area (Å²) < 4.78 is 2.09. The summed E-state index contributed by atoms with van der Waals surface area (Å²) in [7, 11) is 1.99. The Morgan fingerprint density at radius 2 is 2.05 bits per heavy atom. The number of carboxylic acid groups (broad SMARTS) is 1. The van der Waals surface area contributed by atoms with Crippen LogP contribution in [-0.2, 0) is 13.5 Å². The number of aryl methyl sites for hydroxylation is 2. The van der Waals surface area contributed by atoms with E-state index in [0.29, 0.717) is 6.42 Å². The SMILES string of the molecule is CCc1nc(C(=O)O)cc2c3ccccc3n(C)c12. The lowest BCUT2D eigenvalue weighted by Gasteiger charge is -2.04. The van der Waals surface area contributed by atoms with Gasteiger partial charge in [0, 0.05) is 23.3 Å². The van der Waals surface area contributed by atoms with Crippen molar-refractivity contribution in [2.75, 3.05) is 0 Å². The molecule has 0 aliphatic rings. The first-order chi connectivity index (χ1) is 9.13. The summed E-state index contributed by atoms with van der Waals surface area (Å²) in [6, 6.07) is 9.67. The zero-order valence-electron chi connectivity index (χ0n) is 10.8. The molecular weight excluding hydrogens is 240 g/mol. The van der Waals surface area contributed by atoms with Crippen molar-refractivity contribution in [3.05, 3.63) is 41.7 Å². The number of aromatic carboxylic acids is 1. The van der Waals surface area contributed by atoms with Crippen molar-refractivity contribution < 1.29 is 9.90 Å². The predicted octanol–water partition coefficient (Wildman–Crippen LogP) is 2.99. The molecule has 2 aromatic heterocycles. The minimum absolute atomic E-state index is 0.112. The molecule has 0 spiro atoms. The van der Waals surface area contributed by atoms with Gasteiger partial charge in [-0.05, 0) is 18.6 Å². The lowest BCUT2D eigenvalue weighted by atomic mass is 10.1. The lowest BCUT2D eigenvalue weighted by molar-refractivity contribution is 0.0690. The smallest absolute Gasteiger partial charge is 0.354 e. The third kappa shape index (κ3) is 1.60. The molecule has 2 heterocycles. The van der Waals surface area contributed by atoms with E-state index in [-0.39, 0.29) is 5.69 Å². The van der Waals surface area contributed by atoms with Crippen molar-refractivity contribution in [2.45, 2.75) is 13.3 Å². The number of fused-ring (bicyclic) bond motifs is 3. The lowest BCUT2D eigenvalue weighted by Crippen LogP contribution is -2.04. The van der Waals surface area contributed by atoms with Crippen molar-refractivity contribution in [3.63, 3.8) is 0 Å². The van der Waals surface area contributed by atoms with Gasteiger partial charge in [-0.2, -0.15) is 0 Å². The minimum Gasteiger partial charge on any atom is -0.477 e. The van der Waals surface area contributed by atoms with Crippen LogP contribution in [0.2, 0.25) is 0 Å². The third-order valence-electron chi connectivity index (χ3n) is 3.51. The number of carboxylic acids is 1. The van der Waals surface area contributed by atoms with Crippen molar-refractivity contribution >= 4 is 27.8 Å². The predicted molar refractivity (Wildman–Crippen MR) is 74.6 cm³/mol. The fourth-order valence-corrected chi connectivity index (χ4v) is 2.64. The number of carbonyl (C=O) groups is 1. The molecular formula is C15H14N2O2. The van der Waals surface area contributed by atoms with Gasteiger partial charge in [0.15, 0.2) is 0 Å². The van der Waals surface area contributed by atoms with Crippen LogP contribution in [0.3, 0.4) is 0 Å². The normalized spacial score (nSPS) is 11.3. The van der Waals surface area contributed by atoms with Crippen LogP contribution in [0, 0.1) is 0 Å². The highest BCUT2D eigenvalue weighted by Gasteiger charge is 2.16. The molecule has 0 saturated heterocycles. The van der Waals surface area contributed by atoms with Crippen LogP contribution in [0.25, 0.3) is 21.8 Å². The first-order valence-corrected chi connectivity index (χ1v) is 6.23. The van der Waals surface area contributed by atoms with Crippen LogP contribution < -0.4 is 0 Å². The molecule has 4 nitrogen and oxygen atoms in total. The molecule has 0 bridgehead atoms. The quantitative estimate of drug-likeness (QED) is 0.764. The maximum atomic E-state index is 11.2. The van der Waals surface area contributed by atoms with E-state index in [2.05, 4.69) is 9.55 Å². The highest BCUT2D eigenvalue weighted by Crippen LogP contribution is 2.30. The van der Waals surface area contributed by atoms with Crippen LogP contribution in [0.5, 0.6) is 0 Å². The Kier molecular flexibility index (Phi) is 2.52. The van der Waals surface area contributed by atoms with Gasteiger partial charge < -0.3 is 9.67 Å². The Labute approximate surface area is 110 Å². The molecule has 0 aliphatic heterocycles. The molecule has 96 valence electrons. The Balaban J connectivity index is 2.55. The van der Waals surface area contributed by atoms with Crippen molar-refractivity contribution in [1.82, 2.24) is 9.55 Å². The van der Waals surface area contributed by atoms with Crippen LogP contribution >= 0.6 is 0 Å². The zero-order chi connectivity index (χ0) is 13.6. The van der Waals surface area contributed by atoms with Crippen molar-refractivity contribution in [1.29, 1.82) is 0 Å². The van der Waals surface area contributed by atoms with Gasteiger partial charge in [0.05, 0.1) is 11.2 Å². The van der Waals surface area contributed by atoms with Crippen LogP contribution in [-0.4, -0.2) is 20.6 Å². The molecule has 0 saturated carbocycles. The van der Waals surface area contributed by atoms with E-state index >= 15 is 0 Å². The molecule has 0 radical (unpaired) electrons. The summed E-state index contributed by atoms with van der Waals surface area (Å²) in [4.78, 5) is 15.4. The third-order valence-corrected chi connectivity index (χ3v) is 3.51. The first-order valence-electron chi connectivity index (χ1n) is 6.23. The Bertz CT molecular complexity index is 803. The fourth-order valence-electron chi connectivity index (χ4n) is 2.64. The second-order valence-corrected chi connectivity index (χ2v) is 4.59. The van der Waals surface area contributed by atoms with Crippen LogP contribution in [0.4, 0.5) is 0 Å². The fraction of sp³-hybridized carbons (Fsp3) is 0.200. The van der Waals surface area contributed by atoms with E-state index in [1.165, 1.54) is 0 Å². The van der Waals surface area contributed by atoms with Gasteiger partial charge in [-0.3, -0.25) is 0 Å². The molecule has 3 rings (SSSR count). The minimum atomic E-state index is -0.982. The number of benzene rings is 1. The summed E-state index contributed by atoms with van der Waals surface area (Å²) >= 11 is 0. The molecule has 0 amide bonds. The van der Waals surface area contributed by atoms with Gasteiger partial charge in [-0.1, -0.05) is 25.1 Å². The highest BCUT2D eigenvalue weighted by atomic mass is 16.4. The van der Waals surface area contributed by atoms with Gasteiger partial charge in [0.2, 0.25) is 0 Å².